The van der Waals surface area contributed by atoms with Crippen LogP contribution in [0, 0.1) is 5.82 Å². The van der Waals surface area contributed by atoms with Crippen molar-refractivity contribution >= 4 is 11.0 Å². The van der Waals surface area contributed by atoms with E-state index in [0.29, 0.717) is 29.8 Å². The summed E-state index contributed by atoms with van der Waals surface area (Å²) < 4.78 is 23.5. The fourth-order valence-corrected chi connectivity index (χ4v) is 1.70. The molecule has 0 aliphatic heterocycles. The zero-order valence-corrected chi connectivity index (χ0v) is 9.87. The van der Waals surface area contributed by atoms with Crippen LogP contribution in [0.5, 0.6) is 0 Å². The number of aliphatic hydroxyl groups is 1. The van der Waals surface area contributed by atoms with E-state index in [9.17, 15) is 9.50 Å². The average molecular weight is 238 g/mol. The van der Waals surface area contributed by atoms with Crippen molar-refractivity contribution in [2.45, 2.75) is 18.9 Å². The Morgan fingerprint density at radius 2 is 2.18 bits per heavy atom. The second-order valence-corrected chi connectivity index (χ2v) is 4.31. The number of hydrogen-bond acceptors (Lipinski definition) is 3. The number of benzene rings is 1. The summed E-state index contributed by atoms with van der Waals surface area (Å²) in [4.78, 5) is 0. The van der Waals surface area contributed by atoms with Crippen molar-refractivity contribution in [2.24, 2.45) is 0 Å². The minimum atomic E-state index is -1.11. The molecule has 0 radical (unpaired) electrons. The highest BCUT2D eigenvalue weighted by molar-refractivity contribution is 5.78. The molecule has 1 atom stereocenters. The summed E-state index contributed by atoms with van der Waals surface area (Å²) in [7, 11) is 1.57. The Balaban J connectivity index is 2.35. The standard InChI is InChI=1S/C13H15FO3/c1-13(15,5-6-16-2)12-8-9-7-10(14)3-4-11(9)17-12/h3-4,7-8,15H,5-6H2,1-2H3. The van der Waals surface area contributed by atoms with E-state index in [-0.39, 0.29) is 5.82 Å². The molecule has 3 nitrogen and oxygen atoms in total. The van der Waals surface area contributed by atoms with Gasteiger partial charge in [0.2, 0.25) is 0 Å². The van der Waals surface area contributed by atoms with Gasteiger partial charge in [-0.15, -0.1) is 0 Å². The number of methoxy groups -OCH3 is 1. The molecule has 0 aliphatic rings. The van der Waals surface area contributed by atoms with Crippen LogP contribution in [-0.4, -0.2) is 18.8 Å². The first-order chi connectivity index (χ1) is 8.03. The van der Waals surface area contributed by atoms with Crippen molar-refractivity contribution in [2.75, 3.05) is 13.7 Å². The molecule has 2 rings (SSSR count). The van der Waals surface area contributed by atoms with E-state index in [0.717, 1.165) is 0 Å². The van der Waals surface area contributed by atoms with Gasteiger partial charge >= 0.3 is 0 Å². The van der Waals surface area contributed by atoms with Gasteiger partial charge in [-0.3, -0.25) is 0 Å². The average Bonchev–Trinajstić information content (AvgIpc) is 2.70. The summed E-state index contributed by atoms with van der Waals surface area (Å²) in [5, 5.41) is 10.9. The Kier molecular flexibility index (Phi) is 3.17. The van der Waals surface area contributed by atoms with Crippen molar-refractivity contribution in [1.82, 2.24) is 0 Å². The Hall–Kier alpha value is -1.39. The van der Waals surface area contributed by atoms with Crippen molar-refractivity contribution in [3.63, 3.8) is 0 Å². The van der Waals surface area contributed by atoms with Crippen LogP contribution in [0.1, 0.15) is 19.1 Å². The number of hydrogen-bond donors (Lipinski definition) is 1. The molecule has 0 aliphatic carbocycles. The van der Waals surface area contributed by atoms with Crippen LogP contribution >= 0.6 is 0 Å². The second kappa shape index (κ2) is 4.47. The fourth-order valence-electron chi connectivity index (χ4n) is 1.70. The predicted octanol–water partition coefficient (Wildman–Crippen LogP) is 2.82. The molecule has 1 unspecified atom stereocenters. The first kappa shape index (κ1) is 12.1. The van der Waals surface area contributed by atoms with Gasteiger partial charge in [0.1, 0.15) is 22.8 Å². The highest BCUT2D eigenvalue weighted by Gasteiger charge is 2.27. The molecule has 17 heavy (non-hydrogen) atoms. The molecule has 0 saturated carbocycles. The summed E-state index contributed by atoms with van der Waals surface area (Å²) in [6.07, 6.45) is 0.422. The van der Waals surface area contributed by atoms with Crippen molar-refractivity contribution in [3.8, 4) is 0 Å². The second-order valence-electron chi connectivity index (χ2n) is 4.31. The Labute approximate surface area is 98.8 Å². The number of furan rings is 1. The molecule has 2 aromatic rings. The van der Waals surface area contributed by atoms with Gasteiger partial charge in [0.05, 0.1) is 0 Å². The molecular formula is C13H15FO3. The summed E-state index contributed by atoms with van der Waals surface area (Å²) in [5.41, 5.74) is -0.537. The van der Waals surface area contributed by atoms with Gasteiger partial charge in [0, 0.05) is 25.5 Å². The maximum atomic E-state index is 13.0. The van der Waals surface area contributed by atoms with Crippen molar-refractivity contribution < 1.29 is 18.7 Å². The molecule has 0 spiro atoms. The molecule has 92 valence electrons. The van der Waals surface area contributed by atoms with Crippen LogP contribution in [0.25, 0.3) is 11.0 Å². The zero-order valence-electron chi connectivity index (χ0n) is 9.87. The quantitative estimate of drug-likeness (QED) is 0.890. The van der Waals surface area contributed by atoms with E-state index in [1.54, 1.807) is 26.2 Å². The summed E-state index contributed by atoms with van der Waals surface area (Å²) in [6.45, 7) is 2.08. The van der Waals surface area contributed by atoms with Gasteiger partial charge in [-0.2, -0.15) is 0 Å². The van der Waals surface area contributed by atoms with Crippen LogP contribution in [0.3, 0.4) is 0 Å². The summed E-state index contributed by atoms with van der Waals surface area (Å²) in [5.74, 6) is 0.108. The smallest absolute Gasteiger partial charge is 0.136 e. The first-order valence-electron chi connectivity index (χ1n) is 5.44. The van der Waals surface area contributed by atoms with Gasteiger partial charge in [-0.1, -0.05) is 0 Å². The van der Waals surface area contributed by atoms with Gasteiger partial charge in [-0.25, -0.2) is 4.39 Å². The molecule has 0 amide bonds. The Morgan fingerprint density at radius 1 is 1.41 bits per heavy atom. The normalized spacial score (nSPS) is 15.1. The van der Waals surface area contributed by atoms with Crippen LogP contribution in [-0.2, 0) is 10.3 Å². The van der Waals surface area contributed by atoms with E-state index in [4.69, 9.17) is 9.15 Å². The van der Waals surface area contributed by atoms with Gasteiger partial charge < -0.3 is 14.3 Å². The lowest BCUT2D eigenvalue weighted by Crippen LogP contribution is -2.22. The van der Waals surface area contributed by atoms with E-state index in [1.807, 2.05) is 0 Å². The topological polar surface area (TPSA) is 42.6 Å². The maximum absolute atomic E-state index is 13.0. The summed E-state index contributed by atoms with van der Waals surface area (Å²) in [6, 6.07) is 5.93. The Morgan fingerprint density at radius 3 is 2.88 bits per heavy atom. The largest absolute Gasteiger partial charge is 0.458 e. The molecule has 0 fully saturated rings. The highest BCUT2D eigenvalue weighted by Crippen LogP contribution is 2.30. The molecule has 1 heterocycles. The molecule has 0 bridgehead atoms. The SMILES string of the molecule is COCCC(C)(O)c1cc2cc(F)ccc2o1. The number of halogens is 1. The van der Waals surface area contributed by atoms with Crippen molar-refractivity contribution in [3.05, 3.63) is 35.8 Å². The lowest BCUT2D eigenvalue weighted by Gasteiger charge is -2.19. The van der Waals surface area contributed by atoms with Gasteiger partial charge in [-0.05, 0) is 31.2 Å². The van der Waals surface area contributed by atoms with E-state index in [2.05, 4.69) is 0 Å². The third kappa shape index (κ3) is 2.48. The van der Waals surface area contributed by atoms with E-state index >= 15 is 0 Å². The number of rotatable bonds is 4. The zero-order chi connectivity index (χ0) is 12.5. The number of fused-ring (bicyclic) bond motifs is 1. The van der Waals surface area contributed by atoms with Crippen LogP contribution in [0.4, 0.5) is 4.39 Å². The van der Waals surface area contributed by atoms with E-state index < -0.39 is 5.60 Å². The minimum Gasteiger partial charge on any atom is -0.458 e. The Bertz CT molecular complexity index is 516. The lowest BCUT2D eigenvalue weighted by atomic mass is 9.99. The predicted molar refractivity (Wildman–Crippen MR) is 62.2 cm³/mol. The molecule has 4 heteroatoms. The van der Waals surface area contributed by atoms with Crippen molar-refractivity contribution in [1.29, 1.82) is 0 Å². The molecule has 1 aromatic heterocycles. The summed E-state index contributed by atoms with van der Waals surface area (Å²) >= 11 is 0. The maximum Gasteiger partial charge on any atom is 0.136 e. The van der Waals surface area contributed by atoms with Gasteiger partial charge in [0.25, 0.3) is 0 Å². The van der Waals surface area contributed by atoms with Crippen LogP contribution in [0.2, 0.25) is 0 Å². The van der Waals surface area contributed by atoms with Crippen LogP contribution < -0.4 is 0 Å². The molecule has 0 saturated heterocycles. The monoisotopic (exact) mass is 238 g/mol. The first-order valence-corrected chi connectivity index (χ1v) is 5.44. The van der Waals surface area contributed by atoms with E-state index in [1.165, 1.54) is 12.1 Å². The minimum absolute atomic E-state index is 0.318. The van der Waals surface area contributed by atoms with Crippen LogP contribution in [0.15, 0.2) is 28.7 Å². The lowest BCUT2D eigenvalue weighted by molar-refractivity contribution is 0.00404. The highest BCUT2D eigenvalue weighted by atomic mass is 19.1. The number of ether oxygens (including phenoxy) is 1. The fraction of sp³-hybridized carbons (Fsp3) is 0.385. The third-order valence-electron chi connectivity index (χ3n) is 2.80. The van der Waals surface area contributed by atoms with Gasteiger partial charge in [0.15, 0.2) is 0 Å². The third-order valence-corrected chi connectivity index (χ3v) is 2.80. The molecular weight excluding hydrogens is 223 g/mol. The molecule has 1 N–H and O–H groups in total. The molecule has 1 aromatic carbocycles.